The molecule has 1 N–H and O–H groups in total. The number of nitrogens with zero attached hydrogens (tertiary/aromatic N) is 1. The van der Waals surface area contributed by atoms with E-state index in [1.807, 2.05) is 0 Å². The molecule has 0 radical (unpaired) electrons. The van der Waals surface area contributed by atoms with E-state index in [-0.39, 0.29) is 17.9 Å². The Kier molecular flexibility index (Phi) is 3.23. The van der Waals surface area contributed by atoms with Gasteiger partial charge in [-0.15, -0.1) is 0 Å². The fourth-order valence-corrected chi connectivity index (χ4v) is 3.62. The molecule has 3 fully saturated rings. The Balaban J connectivity index is 2.23. The Labute approximate surface area is 104 Å². The summed E-state index contributed by atoms with van der Waals surface area (Å²) in [7, 11) is 1.60. The maximum Gasteiger partial charge on any atom is 0.106 e. The van der Waals surface area contributed by atoms with Crippen molar-refractivity contribution in [1.29, 1.82) is 0 Å². The Morgan fingerprint density at radius 2 is 2.00 bits per heavy atom. The molecule has 0 amide bonds. The van der Waals surface area contributed by atoms with Gasteiger partial charge >= 0.3 is 0 Å². The summed E-state index contributed by atoms with van der Waals surface area (Å²) in [6.45, 7) is 8.77. The van der Waals surface area contributed by atoms with Gasteiger partial charge in [0.1, 0.15) is 7.11 Å². The maximum absolute atomic E-state index is 10.3. The zero-order valence-electron chi connectivity index (χ0n) is 11.6. The van der Waals surface area contributed by atoms with E-state index in [1.54, 1.807) is 7.11 Å². The van der Waals surface area contributed by atoms with Crippen LogP contribution in [0.25, 0.3) is 0 Å². The quantitative estimate of drug-likeness (QED) is 0.769. The van der Waals surface area contributed by atoms with Crippen LogP contribution in [0.1, 0.15) is 40.5 Å². The van der Waals surface area contributed by atoms with Crippen LogP contribution in [0, 0.1) is 29.1 Å². The fraction of sp³-hybridized carbons (Fsp3) is 0.929. The van der Waals surface area contributed by atoms with E-state index in [1.165, 1.54) is 6.42 Å². The monoisotopic (exact) mass is 239 g/mol. The molecular weight excluding hydrogens is 214 g/mol. The molecule has 3 aliphatic carbocycles. The van der Waals surface area contributed by atoms with Gasteiger partial charge in [-0.25, -0.2) is 0 Å². The molecule has 0 aromatic rings. The van der Waals surface area contributed by atoms with Gasteiger partial charge in [0.15, 0.2) is 0 Å². The van der Waals surface area contributed by atoms with Gasteiger partial charge in [-0.3, -0.25) is 0 Å². The van der Waals surface area contributed by atoms with E-state index >= 15 is 0 Å². The van der Waals surface area contributed by atoms with Crippen LogP contribution in [0.5, 0.6) is 0 Å². The average Bonchev–Trinajstić information content (AvgIpc) is 2.28. The van der Waals surface area contributed by atoms with Crippen molar-refractivity contribution in [3.05, 3.63) is 0 Å². The molecule has 0 saturated heterocycles. The lowest BCUT2D eigenvalue weighted by atomic mass is 9.45. The van der Waals surface area contributed by atoms with Crippen LogP contribution in [0.4, 0.5) is 0 Å². The molecule has 0 aliphatic heterocycles. The number of rotatable bonds is 3. The summed E-state index contributed by atoms with van der Waals surface area (Å²) >= 11 is 0. The van der Waals surface area contributed by atoms with Crippen molar-refractivity contribution in [1.82, 2.24) is 0 Å². The van der Waals surface area contributed by atoms with Gasteiger partial charge < -0.3 is 9.94 Å². The van der Waals surface area contributed by atoms with Gasteiger partial charge in [0.25, 0.3) is 0 Å². The third-order valence-electron chi connectivity index (χ3n) is 5.04. The number of hydrogen-bond acceptors (Lipinski definition) is 3. The standard InChI is InChI=1S/C14H25NO2/c1-8(2)13(16)10-6-9-7-11(14(9,3)4)12(10)15-17-5/h8-11,13,16H,6-7H2,1-5H3/b15-12+/t9-,10-,11-,13+/m0/s1. The Morgan fingerprint density at radius 3 is 2.47 bits per heavy atom. The van der Waals surface area contributed by atoms with Gasteiger partial charge in [-0.1, -0.05) is 32.9 Å². The number of aliphatic hydroxyl groups excluding tert-OH is 1. The molecule has 98 valence electrons. The summed E-state index contributed by atoms with van der Waals surface area (Å²) in [4.78, 5) is 5.01. The van der Waals surface area contributed by atoms with Crippen molar-refractivity contribution in [2.45, 2.75) is 46.6 Å². The van der Waals surface area contributed by atoms with Crippen LogP contribution in [-0.4, -0.2) is 24.0 Å². The maximum atomic E-state index is 10.3. The molecule has 3 nitrogen and oxygen atoms in total. The van der Waals surface area contributed by atoms with Crippen molar-refractivity contribution in [2.24, 2.45) is 34.2 Å². The average molecular weight is 239 g/mol. The van der Waals surface area contributed by atoms with Crippen molar-refractivity contribution >= 4 is 5.71 Å². The van der Waals surface area contributed by atoms with E-state index in [4.69, 9.17) is 4.84 Å². The summed E-state index contributed by atoms with van der Waals surface area (Å²) in [6, 6.07) is 0. The summed E-state index contributed by atoms with van der Waals surface area (Å²) < 4.78 is 0. The minimum atomic E-state index is -0.287. The summed E-state index contributed by atoms with van der Waals surface area (Å²) in [5, 5.41) is 14.6. The topological polar surface area (TPSA) is 41.8 Å². The van der Waals surface area contributed by atoms with Crippen molar-refractivity contribution in [3.8, 4) is 0 Å². The van der Waals surface area contributed by atoms with Crippen LogP contribution in [0.3, 0.4) is 0 Å². The van der Waals surface area contributed by atoms with E-state index < -0.39 is 0 Å². The first-order chi connectivity index (χ1) is 7.89. The van der Waals surface area contributed by atoms with Gasteiger partial charge in [0, 0.05) is 11.8 Å². The highest BCUT2D eigenvalue weighted by molar-refractivity contribution is 5.92. The Hall–Kier alpha value is -0.570. The van der Waals surface area contributed by atoms with Gasteiger partial charge in [-0.05, 0) is 30.1 Å². The van der Waals surface area contributed by atoms with E-state index in [0.29, 0.717) is 11.3 Å². The van der Waals surface area contributed by atoms with Gasteiger partial charge in [-0.2, -0.15) is 0 Å². The summed E-state index contributed by atoms with van der Waals surface area (Å²) in [5.74, 6) is 1.72. The highest BCUT2D eigenvalue weighted by Gasteiger charge is 2.57. The van der Waals surface area contributed by atoms with Crippen LogP contribution >= 0.6 is 0 Å². The van der Waals surface area contributed by atoms with Crippen molar-refractivity contribution in [2.75, 3.05) is 7.11 Å². The molecule has 3 heteroatoms. The third-order valence-corrected chi connectivity index (χ3v) is 5.04. The first-order valence-corrected chi connectivity index (χ1v) is 6.68. The van der Waals surface area contributed by atoms with E-state index in [9.17, 15) is 5.11 Å². The second-order valence-electron chi connectivity index (χ2n) is 6.58. The lowest BCUT2D eigenvalue weighted by Gasteiger charge is -2.59. The molecule has 0 unspecified atom stereocenters. The number of fused-ring (bicyclic) bond motifs is 2. The number of hydrogen-bond donors (Lipinski definition) is 1. The smallest absolute Gasteiger partial charge is 0.106 e. The van der Waals surface area contributed by atoms with Crippen LogP contribution in [-0.2, 0) is 4.84 Å². The van der Waals surface area contributed by atoms with Crippen LogP contribution < -0.4 is 0 Å². The van der Waals surface area contributed by atoms with Gasteiger partial charge in [0.05, 0.1) is 11.8 Å². The highest BCUT2D eigenvalue weighted by atomic mass is 16.6. The molecule has 0 heterocycles. The van der Waals surface area contributed by atoms with Crippen LogP contribution in [0.15, 0.2) is 5.16 Å². The predicted molar refractivity (Wildman–Crippen MR) is 68.8 cm³/mol. The summed E-state index contributed by atoms with van der Waals surface area (Å²) in [5.41, 5.74) is 1.44. The highest BCUT2D eigenvalue weighted by Crippen LogP contribution is 2.60. The molecule has 3 rings (SSSR count). The lowest BCUT2D eigenvalue weighted by molar-refractivity contribution is -0.0457. The molecular formula is C14H25NO2. The Morgan fingerprint density at radius 1 is 1.35 bits per heavy atom. The molecule has 0 aromatic carbocycles. The number of aliphatic hydroxyl groups is 1. The second-order valence-corrected chi connectivity index (χ2v) is 6.58. The van der Waals surface area contributed by atoms with Gasteiger partial charge in [0.2, 0.25) is 0 Å². The van der Waals surface area contributed by atoms with Crippen LogP contribution in [0.2, 0.25) is 0 Å². The molecule has 17 heavy (non-hydrogen) atoms. The van der Waals surface area contributed by atoms with Crippen molar-refractivity contribution < 1.29 is 9.94 Å². The van der Waals surface area contributed by atoms with E-state index in [2.05, 4.69) is 32.9 Å². The minimum Gasteiger partial charge on any atom is -0.399 e. The van der Waals surface area contributed by atoms with Crippen molar-refractivity contribution in [3.63, 3.8) is 0 Å². The zero-order chi connectivity index (χ0) is 12.8. The largest absolute Gasteiger partial charge is 0.399 e. The molecule has 3 saturated carbocycles. The van der Waals surface area contributed by atoms with E-state index in [0.717, 1.165) is 18.1 Å². The second kappa shape index (κ2) is 4.27. The third kappa shape index (κ3) is 1.88. The molecule has 3 aliphatic rings. The molecule has 4 atom stereocenters. The SMILES string of the molecule is CO/N=C1\[C@@H]([C@H](O)C(C)C)C[C@H]2C[C@@H]1C2(C)C. The molecule has 0 aromatic heterocycles. The number of oxime groups is 1. The Bertz CT molecular complexity index is 322. The first kappa shape index (κ1) is 12.9. The fourth-order valence-electron chi connectivity index (χ4n) is 3.62. The zero-order valence-corrected chi connectivity index (χ0v) is 11.6. The summed E-state index contributed by atoms with van der Waals surface area (Å²) in [6.07, 6.45) is 1.99. The molecule has 2 bridgehead atoms. The molecule has 0 spiro atoms. The lowest BCUT2D eigenvalue weighted by Crippen LogP contribution is -2.58. The minimum absolute atomic E-state index is 0.201. The predicted octanol–water partition coefficient (Wildman–Crippen LogP) is 2.69. The normalized spacial score (nSPS) is 39.0. The first-order valence-electron chi connectivity index (χ1n) is 6.68.